The number of para-hydroxylation sites is 4. The Bertz CT molecular complexity index is 1360. The van der Waals surface area contributed by atoms with Crippen molar-refractivity contribution in [3.05, 3.63) is 66.0 Å². The minimum atomic E-state index is -1.74. The van der Waals surface area contributed by atoms with E-state index < -0.39 is 41.0 Å². The smallest absolute Gasteiger partial charge is 0.235 e. The summed E-state index contributed by atoms with van der Waals surface area (Å²) in [5.41, 5.74) is 0.259. The highest BCUT2D eigenvalue weighted by Crippen LogP contribution is 2.47. The molecule has 0 saturated heterocycles. The van der Waals surface area contributed by atoms with Crippen molar-refractivity contribution in [1.82, 2.24) is 9.78 Å². The number of aryl methyl sites for hydroxylation is 1. The van der Waals surface area contributed by atoms with Crippen LogP contribution in [0, 0.1) is 18.8 Å². The predicted octanol–water partition coefficient (Wildman–Crippen LogP) is 3.06. The second-order valence-corrected chi connectivity index (χ2v) is 9.67. The van der Waals surface area contributed by atoms with Crippen molar-refractivity contribution < 1.29 is 29.0 Å². The Morgan fingerprint density at radius 3 is 2.03 bits per heavy atom. The van der Waals surface area contributed by atoms with E-state index >= 15 is 0 Å². The number of aromatic nitrogens is 2. The lowest BCUT2D eigenvalue weighted by atomic mass is 9.61. The number of methoxy groups -OCH3 is 2. The van der Waals surface area contributed by atoms with Gasteiger partial charge in [-0.15, -0.1) is 0 Å². The first kappa shape index (κ1) is 26.9. The molecule has 1 aliphatic carbocycles. The van der Waals surface area contributed by atoms with Crippen molar-refractivity contribution in [2.24, 2.45) is 18.9 Å². The molecule has 0 spiro atoms. The number of ketones is 1. The maximum absolute atomic E-state index is 13.9. The van der Waals surface area contributed by atoms with Crippen molar-refractivity contribution in [3.8, 4) is 11.5 Å². The van der Waals surface area contributed by atoms with Gasteiger partial charge < -0.3 is 25.2 Å². The second-order valence-electron chi connectivity index (χ2n) is 9.67. The van der Waals surface area contributed by atoms with Gasteiger partial charge in [-0.25, -0.2) is 0 Å². The van der Waals surface area contributed by atoms with E-state index in [9.17, 15) is 19.5 Å². The zero-order chi connectivity index (χ0) is 27.6. The summed E-state index contributed by atoms with van der Waals surface area (Å²) in [5, 5.41) is 21.4. The number of carbonyl (C=O) groups excluding carboxylic acids is 3. The monoisotopic (exact) mass is 520 g/mol. The van der Waals surface area contributed by atoms with Crippen LogP contribution in [0.25, 0.3) is 0 Å². The van der Waals surface area contributed by atoms with E-state index in [1.165, 1.54) is 21.1 Å². The van der Waals surface area contributed by atoms with Crippen LogP contribution in [-0.2, 0) is 21.4 Å². The van der Waals surface area contributed by atoms with Gasteiger partial charge in [-0.05, 0) is 43.7 Å². The first-order valence-electron chi connectivity index (χ1n) is 12.2. The van der Waals surface area contributed by atoms with E-state index in [2.05, 4.69) is 15.7 Å². The fourth-order valence-electron chi connectivity index (χ4n) is 5.23. The van der Waals surface area contributed by atoms with Crippen LogP contribution in [0.2, 0.25) is 0 Å². The van der Waals surface area contributed by atoms with E-state index in [1.54, 1.807) is 73.4 Å². The maximum atomic E-state index is 13.9. The van der Waals surface area contributed by atoms with E-state index in [0.717, 1.165) is 0 Å². The van der Waals surface area contributed by atoms with Crippen molar-refractivity contribution in [1.29, 1.82) is 0 Å². The lowest BCUT2D eigenvalue weighted by molar-refractivity contribution is -0.150. The Morgan fingerprint density at radius 1 is 1.00 bits per heavy atom. The average Bonchev–Trinajstić information content (AvgIpc) is 3.21. The molecule has 0 bridgehead atoms. The second kappa shape index (κ2) is 10.7. The highest BCUT2D eigenvalue weighted by atomic mass is 16.5. The van der Waals surface area contributed by atoms with Crippen molar-refractivity contribution >= 4 is 29.0 Å². The average molecular weight is 521 g/mol. The fraction of sp³-hybridized carbons (Fsp3) is 0.357. The van der Waals surface area contributed by atoms with Crippen LogP contribution in [0.5, 0.6) is 11.5 Å². The third-order valence-electron chi connectivity index (χ3n) is 7.19. The number of aliphatic hydroxyl groups is 1. The summed E-state index contributed by atoms with van der Waals surface area (Å²) in [5.74, 6) is -4.18. The van der Waals surface area contributed by atoms with Crippen LogP contribution >= 0.6 is 0 Å². The number of amides is 2. The van der Waals surface area contributed by atoms with Gasteiger partial charge in [0.15, 0.2) is 0 Å². The summed E-state index contributed by atoms with van der Waals surface area (Å²) in [4.78, 5) is 41.1. The normalized spacial score (nSPS) is 23.0. The first-order valence-corrected chi connectivity index (χ1v) is 12.2. The van der Waals surface area contributed by atoms with Gasteiger partial charge in [0.25, 0.3) is 0 Å². The van der Waals surface area contributed by atoms with Crippen molar-refractivity contribution in [2.45, 2.75) is 31.8 Å². The largest absolute Gasteiger partial charge is 0.495 e. The molecule has 3 aromatic rings. The molecule has 200 valence electrons. The van der Waals surface area contributed by atoms with E-state index in [-0.39, 0.29) is 6.42 Å². The molecule has 2 aromatic carbocycles. The van der Waals surface area contributed by atoms with Gasteiger partial charge in [-0.2, -0.15) is 5.10 Å². The zero-order valence-corrected chi connectivity index (χ0v) is 22.0. The highest BCUT2D eigenvalue weighted by molar-refractivity contribution is 6.11. The van der Waals surface area contributed by atoms with Crippen LogP contribution in [0.3, 0.4) is 0 Å². The molecule has 0 aliphatic heterocycles. The van der Waals surface area contributed by atoms with Gasteiger partial charge in [0.1, 0.15) is 23.2 Å². The number of carbonyl (C=O) groups is 3. The molecule has 1 heterocycles. The molecule has 0 radical (unpaired) electrons. The van der Waals surface area contributed by atoms with Crippen molar-refractivity contribution in [3.63, 3.8) is 0 Å². The number of benzene rings is 2. The van der Waals surface area contributed by atoms with Gasteiger partial charge in [0.05, 0.1) is 43.3 Å². The summed E-state index contributed by atoms with van der Waals surface area (Å²) in [7, 11) is 4.70. The number of anilines is 2. The number of Topliss-reactive ketones (excluding diaryl/α,β-unsaturated/α-hetero) is 1. The summed E-state index contributed by atoms with van der Waals surface area (Å²) < 4.78 is 12.3. The van der Waals surface area contributed by atoms with Gasteiger partial charge in [0, 0.05) is 25.1 Å². The molecule has 38 heavy (non-hydrogen) atoms. The van der Waals surface area contributed by atoms with Crippen LogP contribution in [0.15, 0.2) is 54.7 Å². The molecule has 4 atom stereocenters. The topological polar surface area (TPSA) is 132 Å². The molecule has 10 nitrogen and oxygen atoms in total. The molecular weight excluding hydrogens is 488 g/mol. The third kappa shape index (κ3) is 4.99. The Hall–Kier alpha value is -4.18. The lowest BCUT2D eigenvalue weighted by Gasteiger charge is -2.44. The third-order valence-corrected chi connectivity index (χ3v) is 7.19. The summed E-state index contributed by atoms with van der Waals surface area (Å²) in [6.45, 7) is 3.24. The molecule has 10 heteroatoms. The zero-order valence-electron chi connectivity index (χ0n) is 22.0. The maximum Gasteiger partial charge on any atom is 0.235 e. The number of hydrogen-bond donors (Lipinski definition) is 3. The molecule has 1 saturated carbocycles. The highest BCUT2D eigenvalue weighted by Gasteiger charge is 2.56. The van der Waals surface area contributed by atoms with Gasteiger partial charge in [-0.3, -0.25) is 19.1 Å². The number of ether oxygens (including phenoxy) is 2. The van der Waals surface area contributed by atoms with E-state index in [4.69, 9.17) is 9.47 Å². The molecule has 1 aliphatic rings. The molecule has 3 N–H and O–H groups in total. The molecule has 4 rings (SSSR count). The fourth-order valence-corrected chi connectivity index (χ4v) is 5.23. The van der Waals surface area contributed by atoms with Crippen molar-refractivity contribution in [2.75, 3.05) is 24.9 Å². The van der Waals surface area contributed by atoms with Crippen LogP contribution < -0.4 is 20.1 Å². The summed E-state index contributed by atoms with van der Waals surface area (Å²) in [6.07, 6.45) is 1.16. The Morgan fingerprint density at radius 2 is 1.53 bits per heavy atom. The molecular formula is C28H32N4O6. The molecule has 4 unspecified atom stereocenters. The van der Waals surface area contributed by atoms with E-state index in [1.807, 2.05) is 0 Å². The van der Waals surface area contributed by atoms with Gasteiger partial charge in [0.2, 0.25) is 11.8 Å². The Kier molecular flexibility index (Phi) is 7.54. The minimum Gasteiger partial charge on any atom is -0.495 e. The number of nitrogens with zero attached hydrogens (tertiary/aromatic N) is 2. The summed E-state index contributed by atoms with van der Waals surface area (Å²) in [6, 6.07) is 13.7. The molecule has 2 amide bonds. The first-order chi connectivity index (χ1) is 18.1. The number of rotatable bonds is 7. The standard InChI is InChI=1S/C28H32N4O6/c1-16-17(15-29-32(16)3)23-24(26(34)30-18-10-6-8-12-21(18)37-4)20(33)14-28(2,36)25(23)27(35)31-19-11-7-9-13-22(19)38-5/h6-13,15,23-25,36H,14H2,1-5H3,(H,30,34)(H,31,35). The predicted molar refractivity (Wildman–Crippen MR) is 141 cm³/mol. The quantitative estimate of drug-likeness (QED) is 0.408. The minimum absolute atomic E-state index is 0.378. The summed E-state index contributed by atoms with van der Waals surface area (Å²) >= 11 is 0. The SMILES string of the molecule is COc1ccccc1NC(=O)C1C(=O)CC(C)(O)C(C(=O)Nc2ccccc2OC)C1c1cnn(C)c1C. The Labute approximate surface area is 220 Å². The van der Waals surface area contributed by atoms with Crippen LogP contribution in [0.1, 0.15) is 30.5 Å². The van der Waals surface area contributed by atoms with Crippen LogP contribution in [-0.4, -0.2) is 52.3 Å². The van der Waals surface area contributed by atoms with Gasteiger partial charge >= 0.3 is 0 Å². The van der Waals surface area contributed by atoms with Gasteiger partial charge in [-0.1, -0.05) is 24.3 Å². The molecule has 1 aromatic heterocycles. The lowest BCUT2D eigenvalue weighted by Crippen LogP contribution is -2.56. The molecule has 1 fully saturated rings. The van der Waals surface area contributed by atoms with E-state index in [0.29, 0.717) is 34.1 Å². The number of hydrogen-bond acceptors (Lipinski definition) is 7. The Balaban J connectivity index is 1.80. The number of nitrogens with one attached hydrogen (secondary N) is 2. The van der Waals surface area contributed by atoms with Crippen LogP contribution in [0.4, 0.5) is 11.4 Å².